The van der Waals surface area contributed by atoms with Gasteiger partial charge in [0, 0.05) is 31.2 Å². The third-order valence-electron chi connectivity index (χ3n) is 4.27. The van der Waals surface area contributed by atoms with Gasteiger partial charge in [0.25, 0.3) is 0 Å². The van der Waals surface area contributed by atoms with Gasteiger partial charge in [0.2, 0.25) is 0 Å². The van der Waals surface area contributed by atoms with Gasteiger partial charge in [-0.25, -0.2) is 0 Å². The number of nitrogens with zero attached hydrogens (tertiary/aromatic N) is 1. The Morgan fingerprint density at radius 2 is 1.76 bits per heavy atom. The highest BCUT2D eigenvalue weighted by molar-refractivity contribution is 4.91. The Bertz CT molecular complexity index is 213. The summed E-state index contributed by atoms with van der Waals surface area (Å²) in [5, 5.41) is 3.74. The third-order valence-corrected chi connectivity index (χ3v) is 4.27. The van der Waals surface area contributed by atoms with E-state index < -0.39 is 0 Å². The Morgan fingerprint density at radius 3 is 2.24 bits per heavy atom. The lowest BCUT2D eigenvalue weighted by Crippen LogP contribution is -2.61. The predicted molar refractivity (Wildman–Crippen MR) is 76.3 cm³/mol. The largest absolute Gasteiger partial charge is 0.311 e. The number of hydrogen-bond acceptors (Lipinski definition) is 2. The molecule has 3 unspecified atom stereocenters. The lowest BCUT2D eigenvalue weighted by atomic mass is 9.92. The van der Waals surface area contributed by atoms with Crippen molar-refractivity contribution in [1.29, 1.82) is 0 Å². The number of rotatable bonds is 5. The second-order valence-corrected chi connectivity index (χ2v) is 6.40. The molecule has 1 rings (SSSR count). The van der Waals surface area contributed by atoms with E-state index in [1.807, 2.05) is 0 Å². The Labute approximate surface area is 108 Å². The highest BCUT2D eigenvalue weighted by Gasteiger charge is 2.33. The summed E-state index contributed by atoms with van der Waals surface area (Å²) < 4.78 is 0. The maximum Gasteiger partial charge on any atom is 0.0247 e. The molecule has 0 saturated carbocycles. The first-order valence-corrected chi connectivity index (χ1v) is 7.46. The second-order valence-electron chi connectivity index (χ2n) is 6.40. The molecule has 0 spiro atoms. The molecular formula is C15H32N2. The van der Waals surface area contributed by atoms with Crippen LogP contribution in [0.5, 0.6) is 0 Å². The van der Waals surface area contributed by atoms with Gasteiger partial charge in [0.05, 0.1) is 0 Å². The lowest BCUT2D eigenvalue weighted by Gasteiger charge is -2.46. The van der Waals surface area contributed by atoms with Gasteiger partial charge in [0.1, 0.15) is 0 Å². The van der Waals surface area contributed by atoms with Crippen LogP contribution in [-0.2, 0) is 0 Å². The van der Waals surface area contributed by atoms with Crippen LogP contribution in [0, 0.1) is 11.8 Å². The minimum atomic E-state index is 0.671. The van der Waals surface area contributed by atoms with Crippen molar-refractivity contribution in [2.45, 2.75) is 72.5 Å². The van der Waals surface area contributed by atoms with Gasteiger partial charge in [-0.3, -0.25) is 4.90 Å². The molecular weight excluding hydrogens is 208 g/mol. The molecule has 3 atom stereocenters. The lowest BCUT2D eigenvalue weighted by molar-refractivity contribution is 0.0484. The van der Waals surface area contributed by atoms with E-state index in [2.05, 4.69) is 51.8 Å². The molecule has 0 bridgehead atoms. The van der Waals surface area contributed by atoms with E-state index in [0.717, 1.165) is 24.4 Å². The average Bonchev–Trinajstić information content (AvgIpc) is 2.28. The summed E-state index contributed by atoms with van der Waals surface area (Å²) in [6.07, 6.45) is 2.62. The summed E-state index contributed by atoms with van der Waals surface area (Å²) in [5.41, 5.74) is 0. The first kappa shape index (κ1) is 15.0. The molecule has 1 aliphatic rings. The topological polar surface area (TPSA) is 15.3 Å². The van der Waals surface area contributed by atoms with Crippen LogP contribution in [0.2, 0.25) is 0 Å². The molecule has 0 radical (unpaired) electrons. The molecule has 1 aliphatic heterocycles. The molecule has 0 amide bonds. The van der Waals surface area contributed by atoms with Crippen molar-refractivity contribution in [3.8, 4) is 0 Å². The molecule has 0 aromatic heterocycles. The van der Waals surface area contributed by atoms with Gasteiger partial charge < -0.3 is 5.32 Å². The van der Waals surface area contributed by atoms with Crippen molar-refractivity contribution in [3.05, 3.63) is 0 Å². The monoisotopic (exact) mass is 240 g/mol. The standard InChI is InChI=1S/C15H32N2/c1-7-8-13(6)17-10-14(11(2)3)16-9-15(17)12(4)5/h11-16H,7-10H2,1-6H3. The van der Waals surface area contributed by atoms with E-state index in [1.165, 1.54) is 19.4 Å². The third kappa shape index (κ3) is 3.96. The SMILES string of the molecule is CCCC(C)N1CC(C(C)C)NCC1C(C)C. The summed E-state index contributed by atoms with van der Waals surface area (Å²) in [7, 11) is 0. The molecule has 17 heavy (non-hydrogen) atoms. The van der Waals surface area contributed by atoms with Crippen molar-refractivity contribution < 1.29 is 0 Å². The quantitative estimate of drug-likeness (QED) is 0.794. The van der Waals surface area contributed by atoms with Gasteiger partial charge in [-0.15, -0.1) is 0 Å². The van der Waals surface area contributed by atoms with Gasteiger partial charge in [-0.2, -0.15) is 0 Å². The normalized spacial score (nSPS) is 28.9. The summed E-state index contributed by atoms with van der Waals surface area (Å²) >= 11 is 0. The molecule has 102 valence electrons. The molecule has 1 heterocycles. The van der Waals surface area contributed by atoms with Gasteiger partial charge in [-0.1, -0.05) is 41.0 Å². The summed E-state index contributed by atoms with van der Waals surface area (Å²) in [5.74, 6) is 1.48. The molecule has 1 saturated heterocycles. The molecule has 2 heteroatoms. The maximum absolute atomic E-state index is 3.74. The van der Waals surface area contributed by atoms with Crippen molar-refractivity contribution in [2.75, 3.05) is 13.1 Å². The van der Waals surface area contributed by atoms with Crippen molar-refractivity contribution in [2.24, 2.45) is 11.8 Å². The second kappa shape index (κ2) is 6.75. The van der Waals surface area contributed by atoms with E-state index in [4.69, 9.17) is 0 Å². The average molecular weight is 240 g/mol. The van der Waals surface area contributed by atoms with E-state index in [-0.39, 0.29) is 0 Å². The zero-order valence-electron chi connectivity index (χ0n) is 12.7. The summed E-state index contributed by atoms with van der Waals surface area (Å²) in [4.78, 5) is 2.76. The smallest absolute Gasteiger partial charge is 0.0247 e. The fourth-order valence-corrected chi connectivity index (χ4v) is 2.97. The Hall–Kier alpha value is -0.0800. The van der Waals surface area contributed by atoms with Crippen LogP contribution in [-0.4, -0.2) is 36.1 Å². The van der Waals surface area contributed by atoms with Gasteiger partial charge in [-0.05, 0) is 25.2 Å². The van der Waals surface area contributed by atoms with Crippen molar-refractivity contribution >= 4 is 0 Å². The van der Waals surface area contributed by atoms with Crippen LogP contribution < -0.4 is 5.32 Å². The van der Waals surface area contributed by atoms with E-state index in [1.54, 1.807) is 0 Å². The molecule has 2 nitrogen and oxygen atoms in total. The molecule has 1 fully saturated rings. The first-order chi connectivity index (χ1) is 7.97. The van der Waals surface area contributed by atoms with Crippen molar-refractivity contribution in [3.63, 3.8) is 0 Å². The molecule has 1 N–H and O–H groups in total. The Balaban J connectivity index is 2.68. The van der Waals surface area contributed by atoms with Gasteiger partial charge in [0.15, 0.2) is 0 Å². The fraction of sp³-hybridized carbons (Fsp3) is 1.00. The zero-order valence-corrected chi connectivity index (χ0v) is 12.7. The Morgan fingerprint density at radius 1 is 1.12 bits per heavy atom. The van der Waals surface area contributed by atoms with E-state index >= 15 is 0 Å². The summed E-state index contributed by atoms with van der Waals surface area (Å²) in [6.45, 7) is 16.5. The van der Waals surface area contributed by atoms with Gasteiger partial charge >= 0.3 is 0 Å². The fourth-order valence-electron chi connectivity index (χ4n) is 2.97. The molecule has 0 aliphatic carbocycles. The van der Waals surface area contributed by atoms with Crippen LogP contribution in [0.1, 0.15) is 54.4 Å². The van der Waals surface area contributed by atoms with E-state index in [9.17, 15) is 0 Å². The molecule has 0 aromatic rings. The minimum Gasteiger partial charge on any atom is -0.311 e. The highest BCUT2D eigenvalue weighted by Crippen LogP contribution is 2.22. The summed E-state index contributed by atoms with van der Waals surface area (Å²) in [6, 6.07) is 2.12. The maximum atomic E-state index is 3.74. The van der Waals surface area contributed by atoms with E-state index in [0.29, 0.717) is 12.1 Å². The first-order valence-electron chi connectivity index (χ1n) is 7.46. The zero-order chi connectivity index (χ0) is 13.0. The highest BCUT2D eigenvalue weighted by atomic mass is 15.3. The Kier molecular flexibility index (Phi) is 5.94. The van der Waals surface area contributed by atoms with Crippen LogP contribution in [0.3, 0.4) is 0 Å². The van der Waals surface area contributed by atoms with Crippen LogP contribution in [0.15, 0.2) is 0 Å². The number of hydrogen-bond donors (Lipinski definition) is 1. The minimum absolute atomic E-state index is 0.671. The van der Waals surface area contributed by atoms with Crippen LogP contribution in [0.4, 0.5) is 0 Å². The molecule has 0 aromatic carbocycles. The predicted octanol–water partition coefficient (Wildman–Crippen LogP) is 3.13. The number of piperazine rings is 1. The van der Waals surface area contributed by atoms with Crippen LogP contribution in [0.25, 0.3) is 0 Å². The van der Waals surface area contributed by atoms with Crippen LogP contribution >= 0.6 is 0 Å². The van der Waals surface area contributed by atoms with Crippen molar-refractivity contribution in [1.82, 2.24) is 10.2 Å². The number of nitrogens with one attached hydrogen (secondary N) is 1.